The molecule has 0 unspecified atom stereocenters. The molecule has 0 bridgehead atoms. The van der Waals surface area contributed by atoms with Gasteiger partial charge in [0.15, 0.2) is 0 Å². The lowest BCUT2D eigenvalue weighted by Gasteiger charge is -2.06. The predicted molar refractivity (Wildman–Crippen MR) is 85.3 cm³/mol. The largest absolute Gasteiger partial charge is 0.271 e. The lowest BCUT2D eigenvalue weighted by Crippen LogP contribution is -2.20. The molecule has 1 aromatic carbocycles. The van der Waals surface area contributed by atoms with Crippen LogP contribution in [-0.2, 0) is 0 Å². The minimum Gasteiger partial charge on any atom is -0.267 e. The Morgan fingerprint density at radius 3 is 2.60 bits per heavy atom. The van der Waals surface area contributed by atoms with Crippen molar-refractivity contribution in [1.82, 2.24) is 5.43 Å². The number of carbonyl (C=O) groups is 1. The third-order valence-corrected chi connectivity index (χ3v) is 3.37. The van der Waals surface area contributed by atoms with Gasteiger partial charge < -0.3 is 0 Å². The van der Waals surface area contributed by atoms with Crippen molar-refractivity contribution in [3.8, 4) is 0 Å². The molecule has 1 rings (SSSR count). The van der Waals surface area contributed by atoms with Crippen molar-refractivity contribution in [1.29, 1.82) is 0 Å². The van der Waals surface area contributed by atoms with Crippen LogP contribution >= 0.6 is 0 Å². The summed E-state index contributed by atoms with van der Waals surface area (Å²) in [7, 11) is 0. The molecule has 0 heterocycles. The fourth-order valence-electron chi connectivity index (χ4n) is 2.14. The number of benzene rings is 1. The maximum absolute atomic E-state index is 12.0. The van der Waals surface area contributed by atoms with Gasteiger partial charge in [0.2, 0.25) is 0 Å². The summed E-state index contributed by atoms with van der Waals surface area (Å²) < 4.78 is 0. The highest BCUT2D eigenvalue weighted by Crippen LogP contribution is 2.10. The summed E-state index contributed by atoms with van der Waals surface area (Å²) in [6.07, 6.45) is 5.83. The third-order valence-electron chi connectivity index (χ3n) is 3.37. The Morgan fingerprint density at radius 1 is 1.20 bits per heavy atom. The topological polar surface area (TPSA) is 41.5 Å². The third kappa shape index (κ3) is 5.55. The fourth-order valence-corrected chi connectivity index (χ4v) is 2.14. The lowest BCUT2D eigenvalue weighted by molar-refractivity contribution is 0.0954. The average molecular weight is 274 g/mol. The van der Waals surface area contributed by atoms with Crippen molar-refractivity contribution in [2.75, 3.05) is 0 Å². The molecule has 0 aliphatic carbocycles. The number of nitrogens with one attached hydrogen (secondary N) is 1. The second kappa shape index (κ2) is 8.51. The van der Waals surface area contributed by atoms with Crippen molar-refractivity contribution in [3.63, 3.8) is 0 Å². The summed E-state index contributed by atoms with van der Waals surface area (Å²) in [5, 5.41) is 4.18. The second-order valence-electron chi connectivity index (χ2n) is 5.42. The Kier molecular flexibility index (Phi) is 6.99. The number of hydrogen-bond donors (Lipinski definition) is 1. The van der Waals surface area contributed by atoms with Crippen molar-refractivity contribution in [2.45, 2.75) is 59.8 Å². The first-order valence-electron chi connectivity index (χ1n) is 7.45. The number of unbranched alkanes of at least 4 members (excludes halogenated alkanes) is 3. The molecule has 0 radical (unpaired) electrons. The van der Waals surface area contributed by atoms with Gasteiger partial charge in [-0.25, -0.2) is 5.43 Å². The maximum atomic E-state index is 12.0. The first kappa shape index (κ1) is 16.4. The van der Waals surface area contributed by atoms with Crippen LogP contribution < -0.4 is 5.43 Å². The predicted octanol–water partition coefficient (Wildman–Crippen LogP) is 4.38. The molecule has 0 atom stereocenters. The van der Waals surface area contributed by atoms with Gasteiger partial charge in [0.25, 0.3) is 5.91 Å². The molecular weight excluding hydrogens is 248 g/mol. The van der Waals surface area contributed by atoms with E-state index in [-0.39, 0.29) is 5.91 Å². The number of hydrazone groups is 1. The van der Waals surface area contributed by atoms with E-state index in [0.717, 1.165) is 29.7 Å². The number of rotatable bonds is 7. The highest BCUT2D eigenvalue weighted by molar-refractivity contribution is 5.96. The van der Waals surface area contributed by atoms with Crippen molar-refractivity contribution in [2.24, 2.45) is 5.10 Å². The zero-order chi connectivity index (χ0) is 15.0. The van der Waals surface area contributed by atoms with Crippen LogP contribution in [0.5, 0.6) is 0 Å². The second-order valence-corrected chi connectivity index (χ2v) is 5.42. The zero-order valence-corrected chi connectivity index (χ0v) is 13.1. The van der Waals surface area contributed by atoms with Crippen molar-refractivity contribution < 1.29 is 4.79 Å². The van der Waals surface area contributed by atoms with Gasteiger partial charge >= 0.3 is 0 Å². The van der Waals surface area contributed by atoms with Crippen LogP contribution in [0.3, 0.4) is 0 Å². The van der Waals surface area contributed by atoms with Gasteiger partial charge in [0.05, 0.1) is 0 Å². The Hall–Kier alpha value is -1.64. The van der Waals surface area contributed by atoms with Crippen LogP contribution in [0, 0.1) is 13.8 Å². The summed E-state index contributed by atoms with van der Waals surface area (Å²) in [6.45, 7) is 8.13. The van der Waals surface area contributed by atoms with Gasteiger partial charge in [0, 0.05) is 11.3 Å². The van der Waals surface area contributed by atoms with E-state index >= 15 is 0 Å². The SMILES string of the molecule is CCCCCC/C(C)=N/NC(=O)c1ccc(C)cc1C. The lowest BCUT2D eigenvalue weighted by atomic mass is 10.1. The van der Waals surface area contributed by atoms with Gasteiger partial charge in [-0.1, -0.05) is 43.9 Å². The van der Waals surface area contributed by atoms with Crippen LogP contribution in [0.25, 0.3) is 0 Å². The van der Waals surface area contributed by atoms with E-state index in [9.17, 15) is 4.79 Å². The summed E-state index contributed by atoms with van der Waals surface area (Å²) in [4.78, 5) is 12.0. The molecule has 0 saturated heterocycles. The molecule has 0 fully saturated rings. The molecule has 1 aromatic rings. The van der Waals surface area contributed by atoms with E-state index in [1.54, 1.807) is 0 Å². The number of carbonyl (C=O) groups excluding carboxylic acids is 1. The summed E-state index contributed by atoms with van der Waals surface area (Å²) in [5.41, 5.74) is 6.47. The molecule has 3 nitrogen and oxygen atoms in total. The van der Waals surface area contributed by atoms with E-state index in [4.69, 9.17) is 0 Å². The van der Waals surface area contributed by atoms with E-state index in [1.165, 1.54) is 19.3 Å². The Balaban J connectivity index is 2.49. The molecule has 110 valence electrons. The van der Waals surface area contributed by atoms with Gasteiger partial charge in [-0.3, -0.25) is 4.79 Å². The number of amides is 1. The monoisotopic (exact) mass is 274 g/mol. The van der Waals surface area contributed by atoms with E-state index in [0.29, 0.717) is 5.56 Å². The van der Waals surface area contributed by atoms with Crippen molar-refractivity contribution in [3.05, 3.63) is 34.9 Å². The van der Waals surface area contributed by atoms with E-state index < -0.39 is 0 Å². The standard InChI is InChI=1S/C17H26N2O/c1-5-6-7-8-9-15(4)18-19-17(20)16-11-10-13(2)12-14(16)3/h10-12H,5-9H2,1-4H3,(H,19,20)/b18-15+. The molecule has 0 aromatic heterocycles. The van der Waals surface area contributed by atoms with Crippen molar-refractivity contribution >= 4 is 11.6 Å². The number of nitrogens with zero attached hydrogens (tertiary/aromatic N) is 1. The normalized spacial score (nSPS) is 11.5. The fraction of sp³-hybridized carbons (Fsp3) is 0.529. The quantitative estimate of drug-likeness (QED) is 0.447. The molecule has 3 heteroatoms. The molecule has 1 amide bonds. The van der Waals surface area contributed by atoms with Gasteiger partial charge in [-0.15, -0.1) is 0 Å². The Morgan fingerprint density at radius 2 is 1.95 bits per heavy atom. The summed E-state index contributed by atoms with van der Waals surface area (Å²) >= 11 is 0. The molecule has 0 aliphatic rings. The van der Waals surface area contributed by atoms with Gasteiger partial charge in [-0.05, 0) is 45.2 Å². The summed E-state index contributed by atoms with van der Waals surface area (Å²) in [5.74, 6) is -0.129. The zero-order valence-electron chi connectivity index (χ0n) is 13.1. The minimum absolute atomic E-state index is 0.129. The highest BCUT2D eigenvalue weighted by Gasteiger charge is 2.07. The first-order chi connectivity index (χ1) is 9.54. The van der Waals surface area contributed by atoms with Crippen LogP contribution in [0.4, 0.5) is 0 Å². The molecule has 0 saturated carbocycles. The van der Waals surface area contributed by atoms with Crippen LogP contribution in [-0.4, -0.2) is 11.6 Å². The number of hydrogen-bond acceptors (Lipinski definition) is 2. The van der Waals surface area contributed by atoms with Crippen LogP contribution in [0.1, 0.15) is 67.4 Å². The van der Waals surface area contributed by atoms with E-state index in [2.05, 4.69) is 17.5 Å². The van der Waals surface area contributed by atoms with Gasteiger partial charge in [-0.2, -0.15) is 5.10 Å². The molecule has 1 N–H and O–H groups in total. The Bertz CT molecular complexity index is 478. The molecule has 20 heavy (non-hydrogen) atoms. The van der Waals surface area contributed by atoms with Crippen LogP contribution in [0.2, 0.25) is 0 Å². The minimum atomic E-state index is -0.129. The molecule has 0 spiro atoms. The van der Waals surface area contributed by atoms with Crippen LogP contribution in [0.15, 0.2) is 23.3 Å². The summed E-state index contributed by atoms with van der Waals surface area (Å²) in [6, 6.07) is 5.81. The highest BCUT2D eigenvalue weighted by atomic mass is 16.2. The maximum Gasteiger partial charge on any atom is 0.271 e. The number of aryl methyl sites for hydroxylation is 2. The average Bonchev–Trinajstić information content (AvgIpc) is 2.41. The Labute approximate surface area is 122 Å². The smallest absolute Gasteiger partial charge is 0.267 e. The van der Waals surface area contributed by atoms with Gasteiger partial charge in [0.1, 0.15) is 0 Å². The molecule has 0 aliphatic heterocycles. The van der Waals surface area contributed by atoms with E-state index in [1.807, 2.05) is 39.0 Å². The first-order valence-corrected chi connectivity index (χ1v) is 7.45. The molecular formula is C17H26N2O.